The fourth-order valence-electron chi connectivity index (χ4n) is 2.48. The van der Waals surface area contributed by atoms with Crippen LogP contribution in [0.4, 0.5) is 0 Å². The van der Waals surface area contributed by atoms with E-state index in [0.29, 0.717) is 23.4 Å². The van der Waals surface area contributed by atoms with Crippen molar-refractivity contribution in [2.75, 3.05) is 21.1 Å². The van der Waals surface area contributed by atoms with Crippen LogP contribution in [0.15, 0.2) is 34.2 Å². The minimum atomic E-state index is -3.47. The van der Waals surface area contributed by atoms with Crippen LogP contribution in [-0.2, 0) is 16.6 Å². The van der Waals surface area contributed by atoms with Gasteiger partial charge in [0.1, 0.15) is 0 Å². The third kappa shape index (κ3) is 7.79. The van der Waals surface area contributed by atoms with E-state index in [1.807, 2.05) is 12.1 Å². The van der Waals surface area contributed by atoms with Crippen LogP contribution in [0.2, 0.25) is 0 Å². The molecule has 0 spiro atoms. The molecule has 1 rings (SSSR count). The highest BCUT2D eigenvalue weighted by atomic mass is 127. The second-order valence-corrected chi connectivity index (χ2v) is 8.48. The Labute approximate surface area is 175 Å². The topological polar surface area (TPSA) is 73.8 Å². The molecule has 1 aromatic rings. The second-order valence-electron chi connectivity index (χ2n) is 6.36. The van der Waals surface area contributed by atoms with E-state index in [9.17, 15) is 8.42 Å². The first kappa shape index (κ1) is 25.1. The summed E-state index contributed by atoms with van der Waals surface area (Å²) in [7, 11) is 1.33. The average Bonchev–Trinajstić information content (AvgIpc) is 2.58. The molecule has 0 aliphatic carbocycles. The molecule has 0 fully saturated rings. The van der Waals surface area contributed by atoms with Gasteiger partial charge >= 0.3 is 0 Å². The fraction of sp³-hybridized carbons (Fsp3) is 0.611. The van der Waals surface area contributed by atoms with Gasteiger partial charge in [-0.05, 0) is 25.0 Å². The average molecular weight is 496 g/mol. The highest BCUT2D eigenvalue weighted by Gasteiger charge is 2.20. The van der Waals surface area contributed by atoms with Crippen LogP contribution in [-0.4, -0.2) is 45.9 Å². The molecular formula is C18H33IN4O2S. The monoisotopic (exact) mass is 496 g/mol. The number of halogens is 1. The minimum Gasteiger partial charge on any atom is -0.354 e. The molecule has 8 heteroatoms. The van der Waals surface area contributed by atoms with Crippen molar-refractivity contribution in [1.82, 2.24) is 14.9 Å². The van der Waals surface area contributed by atoms with Crippen LogP contribution in [0, 0.1) is 0 Å². The summed E-state index contributed by atoms with van der Waals surface area (Å²) >= 11 is 0. The van der Waals surface area contributed by atoms with Crippen LogP contribution in [0.3, 0.4) is 0 Å². The molecule has 2 N–H and O–H groups in total. The number of nitrogens with one attached hydrogen (secondary N) is 2. The third-order valence-electron chi connectivity index (χ3n) is 4.02. The van der Waals surface area contributed by atoms with Gasteiger partial charge in [-0.3, -0.25) is 4.99 Å². The number of benzene rings is 1. The summed E-state index contributed by atoms with van der Waals surface area (Å²) in [6.07, 6.45) is 4.70. The Balaban J connectivity index is 0.00000625. The summed E-state index contributed by atoms with van der Waals surface area (Å²) in [5.74, 6) is 0.682. The van der Waals surface area contributed by atoms with Crippen LogP contribution in [0.1, 0.15) is 45.1 Å². The highest BCUT2D eigenvalue weighted by molar-refractivity contribution is 14.0. The predicted octanol–water partition coefficient (Wildman–Crippen LogP) is 3.19. The molecule has 0 radical (unpaired) electrons. The van der Waals surface area contributed by atoms with E-state index in [2.05, 4.69) is 29.5 Å². The van der Waals surface area contributed by atoms with E-state index in [1.54, 1.807) is 19.2 Å². The molecule has 0 aromatic heterocycles. The number of unbranched alkanes of at least 4 members (excludes halogenated alkanes) is 2. The van der Waals surface area contributed by atoms with E-state index in [-0.39, 0.29) is 24.0 Å². The number of guanidine groups is 1. The Bertz CT molecular complexity index is 663. The molecule has 0 heterocycles. The van der Waals surface area contributed by atoms with Crippen molar-refractivity contribution in [1.29, 1.82) is 0 Å². The van der Waals surface area contributed by atoms with Crippen molar-refractivity contribution in [2.24, 2.45) is 4.99 Å². The molecule has 0 aliphatic rings. The largest absolute Gasteiger partial charge is 0.354 e. The summed E-state index contributed by atoms with van der Waals surface area (Å²) in [5, 5.41) is 6.57. The Morgan fingerprint density at radius 1 is 1.23 bits per heavy atom. The predicted molar refractivity (Wildman–Crippen MR) is 120 cm³/mol. The Kier molecular flexibility index (Phi) is 12.1. The summed E-state index contributed by atoms with van der Waals surface area (Å²) in [4.78, 5) is 4.55. The quantitative estimate of drug-likeness (QED) is 0.239. The summed E-state index contributed by atoms with van der Waals surface area (Å²) in [6.45, 7) is 4.72. The van der Waals surface area contributed by atoms with Gasteiger partial charge < -0.3 is 10.6 Å². The van der Waals surface area contributed by atoms with Gasteiger partial charge in [0.25, 0.3) is 0 Å². The lowest BCUT2D eigenvalue weighted by Crippen LogP contribution is -2.42. The van der Waals surface area contributed by atoms with Gasteiger partial charge in [0.05, 0.1) is 4.90 Å². The molecule has 1 aromatic carbocycles. The first-order valence-corrected chi connectivity index (χ1v) is 10.2. The van der Waals surface area contributed by atoms with Gasteiger partial charge in [0.15, 0.2) is 5.96 Å². The van der Waals surface area contributed by atoms with Crippen LogP contribution in [0.5, 0.6) is 0 Å². The second kappa shape index (κ2) is 12.5. The smallest absolute Gasteiger partial charge is 0.242 e. The molecular weight excluding hydrogens is 463 g/mol. The SMILES string of the molecule is CCCCCC(C)NC(=NC)NCc1ccccc1S(=O)(=O)N(C)C.I. The van der Waals surface area contributed by atoms with Crippen LogP contribution in [0.25, 0.3) is 0 Å². The standard InChI is InChI=1S/C18H32N4O2S.HI/c1-6-7-8-11-15(2)21-18(19-3)20-14-16-12-9-10-13-17(16)25(23,24)22(4)5;/h9-10,12-13,15H,6-8,11,14H2,1-5H3,(H2,19,20,21);1H. The zero-order valence-electron chi connectivity index (χ0n) is 16.4. The number of hydrogen-bond acceptors (Lipinski definition) is 3. The molecule has 1 unspecified atom stereocenters. The molecule has 0 aliphatic heterocycles. The van der Waals surface area contributed by atoms with Crippen molar-refractivity contribution in [3.63, 3.8) is 0 Å². The van der Waals surface area contributed by atoms with Gasteiger partial charge in [-0.15, -0.1) is 24.0 Å². The van der Waals surface area contributed by atoms with Crippen LogP contribution >= 0.6 is 24.0 Å². The van der Waals surface area contributed by atoms with Crippen LogP contribution < -0.4 is 10.6 Å². The maximum absolute atomic E-state index is 12.4. The zero-order valence-corrected chi connectivity index (χ0v) is 19.6. The van der Waals surface area contributed by atoms with Crippen molar-refractivity contribution in [3.8, 4) is 0 Å². The molecule has 26 heavy (non-hydrogen) atoms. The maximum atomic E-state index is 12.4. The van der Waals surface area contributed by atoms with Gasteiger partial charge in [-0.25, -0.2) is 12.7 Å². The minimum absolute atomic E-state index is 0. The number of sulfonamides is 1. The third-order valence-corrected chi connectivity index (χ3v) is 5.94. The molecule has 0 bridgehead atoms. The van der Waals surface area contributed by atoms with Crippen molar-refractivity contribution in [2.45, 2.75) is 57.0 Å². The lowest BCUT2D eigenvalue weighted by Gasteiger charge is -2.19. The fourth-order valence-corrected chi connectivity index (χ4v) is 3.59. The molecule has 0 saturated heterocycles. The molecule has 150 valence electrons. The number of hydrogen-bond donors (Lipinski definition) is 2. The summed E-state index contributed by atoms with van der Waals surface area (Å²) in [5.41, 5.74) is 0.720. The first-order valence-electron chi connectivity index (χ1n) is 8.80. The summed E-state index contributed by atoms with van der Waals surface area (Å²) < 4.78 is 26.1. The van der Waals surface area contributed by atoms with E-state index < -0.39 is 10.0 Å². The Morgan fingerprint density at radius 3 is 2.46 bits per heavy atom. The first-order chi connectivity index (χ1) is 11.8. The number of aliphatic imine (C=N–C) groups is 1. The molecule has 1 atom stereocenters. The maximum Gasteiger partial charge on any atom is 0.242 e. The summed E-state index contributed by atoms with van der Waals surface area (Å²) in [6, 6.07) is 7.36. The zero-order chi connectivity index (χ0) is 18.9. The van der Waals surface area contributed by atoms with Gasteiger partial charge in [-0.1, -0.05) is 44.4 Å². The number of rotatable bonds is 9. The normalized spacial score (nSPS) is 13.2. The van der Waals surface area contributed by atoms with E-state index in [0.717, 1.165) is 12.0 Å². The van der Waals surface area contributed by atoms with Crippen molar-refractivity contribution in [3.05, 3.63) is 29.8 Å². The molecule has 6 nitrogen and oxygen atoms in total. The Morgan fingerprint density at radius 2 is 1.88 bits per heavy atom. The van der Waals surface area contributed by atoms with Crippen molar-refractivity contribution >= 4 is 40.0 Å². The molecule has 0 amide bonds. The number of nitrogens with zero attached hydrogens (tertiary/aromatic N) is 2. The van der Waals surface area contributed by atoms with Gasteiger partial charge in [0.2, 0.25) is 10.0 Å². The van der Waals surface area contributed by atoms with E-state index in [1.165, 1.54) is 37.7 Å². The van der Waals surface area contributed by atoms with E-state index in [4.69, 9.17) is 0 Å². The molecule has 0 saturated carbocycles. The van der Waals surface area contributed by atoms with E-state index >= 15 is 0 Å². The van der Waals surface area contributed by atoms with Gasteiger partial charge in [0, 0.05) is 33.7 Å². The Hall–Kier alpha value is -0.870. The van der Waals surface area contributed by atoms with Gasteiger partial charge in [-0.2, -0.15) is 0 Å². The van der Waals surface area contributed by atoms with Crippen molar-refractivity contribution < 1.29 is 8.42 Å². The lowest BCUT2D eigenvalue weighted by molar-refractivity contribution is 0.519. The lowest BCUT2D eigenvalue weighted by atomic mass is 10.1. The highest BCUT2D eigenvalue weighted by Crippen LogP contribution is 2.18.